The van der Waals surface area contributed by atoms with E-state index in [1.54, 1.807) is 12.1 Å². The Labute approximate surface area is 170 Å². The van der Waals surface area contributed by atoms with Gasteiger partial charge in [0.15, 0.2) is 5.66 Å². The van der Waals surface area contributed by atoms with Crippen LogP contribution in [-0.4, -0.2) is 20.0 Å². The maximum atomic E-state index is 12.4. The van der Waals surface area contributed by atoms with E-state index in [2.05, 4.69) is 26.2 Å². The standard InChI is InChI=1S/C21H22N4O3S/c1-2-3-14-21(24-25-21)15-13-20(26)23-18-9-11-19(12-10-18)29(27,28)22-16-17-7-5-4-6-8-17/h1,4-12,22H,3,13-16H2,(H,23,26). The van der Waals surface area contributed by atoms with E-state index in [9.17, 15) is 13.2 Å². The van der Waals surface area contributed by atoms with Gasteiger partial charge >= 0.3 is 0 Å². The number of carbonyl (C=O) groups excluding carboxylic acids is 1. The zero-order chi connectivity index (χ0) is 20.7. The minimum absolute atomic E-state index is 0.134. The average Bonchev–Trinajstić information content (AvgIpc) is 3.51. The highest BCUT2D eigenvalue weighted by Crippen LogP contribution is 2.37. The van der Waals surface area contributed by atoms with Crippen LogP contribution in [0.4, 0.5) is 5.69 Å². The van der Waals surface area contributed by atoms with E-state index in [0.29, 0.717) is 24.9 Å². The van der Waals surface area contributed by atoms with Gasteiger partial charge in [0.25, 0.3) is 0 Å². The summed E-state index contributed by atoms with van der Waals surface area (Å²) in [4.78, 5) is 12.3. The highest BCUT2D eigenvalue weighted by molar-refractivity contribution is 7.89. The van der Waals surface area contributed by atoms with Gasteiger partial charge in [0, 0.05) is 37.9 Å². The molecule has 0 saturated carbocycles. The second kappa shape index (κ2) is 8.99. The molecule has 0 aliphatic carbocycles. The van der Waals surface area contributed by atoms with E-state index in [0.717, 1.165) is 5.56 Å². The van der Waals surface area contributed by atoms with Gasteiger partial charge in [-0.3, -0.25) is 4.79 Å². The van der Waals surface area contributed by atoms with Crippen molar-refractivity contribution in [3.63, 3.8) is 0 Å². The lowest BCUT2D eigenvalue weighted by atomic mass is 10.0. The third-order valence-corrected chi connectivity index (χ3v) is 5.98. The molecular weight excluding hydrogens is 388 g/mol. The Balaban J connectivity index is 1.50. The summed E-state index contributed by atoms with van der Waals surface area (Å²) in [7, 11) is -3.64. The van der Waals surface area contributed by atoms with Gasteiger partial charge in [-0.15, -0.1) is 12.3 Å². The lowest BCUT2D eigenvalue weighted by Crippen LogP contribution is -2.23. The summed E-state index contributed by atoms with van der Waals surface area (Å²) in [5, 5.41) is 10.8. The summed E-state index contributed by atoms with van der Waals surface area (Å²) in [6.07, 6.45) is 7.25. The van der Waals surface area contributed by atoms with E-state index >= 15 is 0 Å². The summed E-state index contributed by atoms with van der Waals surface area (Å²) in [5.41, 5.74) is 0.903. The van der Waals surface area contributed by atoms with Gasteiger partial charge in [-0.25, -0.2) is 13.1 Å². The van der Waals surface area contributed by atoms with Gasteiger partial charge in [-0.1, -0.05) is 30.3 Å². The molecule has 2 aromatic rings. The number of nitrogens with zero attached hydrogens (tertiary/aromatic N) is 2. The number of carbonyl (C=O) groups is 1. The topological polar surface area (TPSA) is 100.0 Å². The zero-order valence-electron chi connectivity index (χ0n) is 15.8. The Morgan fingerprint density at radius 1 is 1.03 bits per heavy atom. The van der Waals surface area contributed by atoms with Crippen molar-refractivity contribution < 1.29 is 13.2 Å². The van der Waals surface area contributed by atoms with Crippen molar-refractivity contribution in [3.05, 3.63) is 60.2 Å². The van der Waals surface area contributed by atoms with Gasteiger partial charge < -0.3 is 5.32 Å². The van der Waals surface area contributed by atoms with Crippen LogP contribution < -0.4 is 10.0 Å². The number of hydrogen-bond donors (Lipinski definition) is 2. The Bertz CT molecular complexity index is 1020. The van der Waals surface area contributed by atoms with Gasteiger partial charge in [0.2, 0.25) is 15.9 Å². The first-order chi connectivity index (χ1) is 13.9. The lowest BCUT2D eigenvalue weighted by Gasteiger charge is -2.10. The Hall–Kier alpha value is -3.02. The molecule has 0 atom stereocenters. The smallest absolute Gasteiger partial charge is 0.240 e. The molecule has 1 heterocycles. The number of anilines is 1. The van der Waals surface area contributed by atoms with E-state index in [1.165, 1.54) is 12.1 Å². The van der Waals surface area contributed by atoms with Crippen LogP contribution in [0.25, 0.3) is 0 Å². The number of terminal acetylenes is 1. The molecule has 29 heavy (non-hydrogen) atoms. The Morgan fingerprint density at radius 3 is 2.34 bits per heavy atom. The number of benzene rings is 2. The van der Waals surface area contributed by atoms with E-state index in [1.807, 2.05) is 30.3 Å². The molecular formula is C21H22N4O3S. The van der Waals surface area contributed by atoms with Crippen LogP contribution in [0.3, 0.4) is 0 Å². The third kappa shape index (κ3) is 5.98. The van der Waals surface area contributed by atoms with Crippen LogP contribution in [-0.2, 0) is 21.4 Å². The van der Waals surface area contributed by atoms with Crippen LogP contribution in [0.1, 0.15) is 31.2 Å². The summed E-state index contributed by atoms with van der Waals surface area (Å²) < 4.78 is 27.4. The van der Waals surface area contributed by atoms with Crippen molar-refractivity contribution in [1.29, 1.82) is 0 Å². The van der Waals surface area contributed by atoms with E-state index < -0.39 is 15.7 Å². The molecule has 0 spiro atoms. The van der Waals surface area contributed by atoms with E-state index in [4.69, 9.17) is 6.42 Å². The SMILES string of the molecule is C#CCCC1(CCC(=O)Nc2ccc(S(=O)(=O)NCc3ccccc3)cc2)N=N1. The van der Waals surface area contributed by atoms with Crippen LogP contribution in [0.2, 0.25) is 0 Å². The van der Waals surface area contributed by atoms with Crippen LogP contribution in [0.15, 0.2) is 69.7 Å². The fourth-order valence-electron chi connectivity index (χ4n) is 2.78. The molecule has 0 bridgehead atoms. The first-order valence-electron chi connectivity index (χ1n) is 9.23. The van der Waals surface area contributed by atoms with Crippen LogP contribution in [0.5, 0.6) is 0 Å². The predicted molar refractivity (Wildman–Crippen MR) is 110 cm³/mol. The molecule has 3 rings (SSSR count). The fourth-order valence-corrected chi connectivity index (χ4v) is 3.80. The second-order valence-corrected chi connectivity index (χ2v) is 8.54. The van der Waals surface area contributed by atoms with Crippen molar-refractivity contribution in [3.8, 4) is 12.3 Å². The maximum absolute atomic E-state index is 12.4. The first-order valence-corrected chi connectivity index (χ1v) is 10.7. The summed E-state index contributed by atoms with van der Waals surface area (Å²) in [6.45, 7) is 0.208. The normalized spacial score (nSPS) is 14.2. The molecule has 0 saturated heterocycles. The minimum Gasteiger partial charge on any atom is -0.326 e. The van der Waals surface area contributed by atoms with Crippen LogP contribution in [0, 0.1) is 12.3 Å². The van der Waals surface area contributed by atoms with Crippen molar-refractivity contribution in [2.75, 3.05) is 5.32 Å². The maximum Gasteiger partial charge on any atom is 0.240 e. The van der Waals surface area contributed by atoms with Gasteiger partial charge in [0.1, 0.15) is 0 Å². The Morgan fingerprint density at radius 2 is 1.72 bits per heavy atom. The number of sulfonamides is 1. The number of rotatable bonds is 10. The molecule has 1 amide bonds. The molecule has 150 valence electrons. The second-order valence-electron chi connectivity index (χ2n) is 6.77. The lowest BCUT2D eigenvalue weighted by molar-refractivity contribution is -0.116. The summed E-state index contributed by atoms with van der Waals surface area (Å²) in [5.74, 6) is 2.37. The molecule has 0 unspecified atom stereocenters. The molecule has 0 radical (unpaired) electrons. The zero-order valence-corrected chi connectivity index (χ0v) is 16.7. The molecule has 1 aliphatic heterocycles. The molecule has 7 nitrogen and oxygen atoms in total. The van der Waals surface area contributed by atoms with Crippen molar-refractivity contribution in [1.82, 2.24) is 4.72 Å². The molecule has 8 heteroatoms. The first kappa shape index (κ1) is 20.7. The molecule has 0 fully saturated rings. The number of nitrogens with one attached hydrogen (secondary N) is 2. The average molecular weight is 410 g/mol. The Kier molecular flexibility index (Phi) is 6.42. The molecule has 1 aliphatic rings. The largest absolute Gasteiger partial charge is 0.326 e. The quantitative estimate of drug-likeness (QED) is 0.587. The summed E-state index contributed by atoms with van der Waals surface area (Å²) >= 11 is 0. The van der Waals surface area contributed by atoms with Crippen molar-refractivity contribution >= 4 is 21.6 Å². The third-order valence-electron chi connectivity index (χ3n) is 4.56. The predicted octanol–water partition coefficient (Wildman–Crippen LogP) is 3.46. The van der Waals surface area contributed by atoms with Crippen molar-refractivity contribution in [2.45, 2.75) is 42.8 Å². The fraction of sp³-hybridized carbons (Fsp3) is 0.286. The van der Waals surface area contributed by atoms with Gasteiger partial charge in [-0.05, 0) is 29.8 Å². The number of hydrogen-bond acceptors (Lipinski definition) is 5. The molecule has 2 aromatic carbocycles. The van der Waals surface area contributed by atoms with Gasteiger partial charge in [-0.2, -0.15) is 10.2 Å². The molecule has 0 aromatic heterocycles. The highest BCUT2D eigenvalue weighted by atomic mass is 32.2. The van der Waals surface area contributed by atoms with Crippen LogP contribution >= 0.6 is 0 Å². The minimum atomic E-state index is -3.64. The number of amides is 1. The molecule has 2 N–H and O–H groups in total. The van der Waals surface area contributed by atoms with Gasteiger partial charge in [0.05, 0.1) is 4.90 Å². The monoisotopic (exact) mass is 410 g/mol. The summed E-state index contributed by atoms with van der Waals surface area (Å²) in [6, 6.07) is 15.3. The highest BCUT2D eigenvalue weighted by Gasteiger charge is 2.39. The van der Waals surface area contributed by atoms with E-state index in [-0.39, 0.29) is 23.8 Å². The van der Waals surface area contributed by atoms with Crippen molar-refractivity contribution in [2.24, 2.45) is 10.2 Å².